The molecule has 0 aliphatic carbocycles. The number of benzene rings is 1. The number of carbonyl (C=O) groups is 1. The zero-order valence-corrected chi connectivity index (χ0v) is 10.3. The van der Waals surface area contributed by atoms with E-state index in [9.17, 15) is 18.0 Å². The van der Waals surface area contributed by atoms with E-state index < -0.39 is 11.7 Å². The highest BCUT2D eigenvalue weighted by molar-refractivity contribution is 5.90. The predicted octanol–water partition coefficient (Wildman–Crippen LogP) is 2.33. The fourth-order valence-electron chi connectivity index (χ4n) is 1.56. The zero-order chi connectivity index (χ0) is 14.6. The Bertz CT molecular complexity index is 581. The third-order valence-corrected chi connectivity index (χ3v) is 2.51. The molecule has 1 aromatic heterocycles. The lowest BCUT2D eigenvalue weighted by Gasteiger charge is -2.09. The normalized spacial score (nSPS) is 11.3. The van der Waals surface area contributed by atoms with Crippen LogP contribution in [0.4, 0.5) is 18.9 Å². The van der Waals surface area contributed by atoms with Crippen molar-refractivity contribution in [1.29, 1.82) is 0 Å². The number of amides is 1. The summed E-state index contributed by atoms with van der Waals surface area (Å²) >= 11 is 0. The quantitative estimate of drug-likeness (QED) is 0.937. The van der Waals surface area contributed by atoms with Crippen LogP contribution in [0.2, 0.25) is 0 Å². The molecule has 1 heterocycles. The molecule has 2 aromatic rings. The third kappa shape index (κ3) is 3.81. The highest BCUT2D eigenvalue weighted by atomic mass is 19.4. The molecular weight excluding hydrogens is 273 g/mol. The number of anilines is 1. The van der Waals surface area contributed by atoms with Gasteiger partial charge in [0.2, 0.25) is 5.91 Å². The first-order valence-corrected chi connectivity index (χ1v) is 5.75. The van der Waals surface area contributed by atoms with Crippen LogP contribution in [0.3, 0.4) is 0 Å². The largest absolute Gasteiger partial charge is 0.416 e. The van der Waals surface area contributed by atoms with Gasteiger partial charge in [-0.1, -0.05) is 6.07 Å². The first-order valence-electron chi connectivity index (χ1n) is 5.75. The van der Waals surface area contributed by atoms with Gasteiger partial charge in [-0.15, -0.1) is 0 Å². The number of rotatable bonds is 4. The van der Waals surface area contributed by atoms with Gasteiger partial charge < -0.3 is 5.32 Å². The van der Waals surface area contributed by atoms with Crippen LogP contribution in [0.25, 0.3) is 0 Å². The molecule has 0 saturated carbocycles. The molecule has 20 heavy (non-hydrogen) atoms. The van der Waals surface area contributed by atoms with Crippen molar-refractivity contribution in [3.63, 3.8) is 0 Å². The number of nitrogens with one attached hydrogen (secondary N) is 1. The second-order valence-corrected chi connectivity index (χ2v) is 4.04. The maximum Gasteiger partial charge on any atom is 0.416 e. The topological polar surface area (TPSA) is 59.8 Å². The summed E-state index contributed by atoms with van der Waals surface area (Å²) in [6, 6.07) is 4.50. The fourth-order valence-corrected chi connectivity index (χ4v) is 1.56. The van der Waals surface area contributed by atoms with Gasteiger partial charge in [-0.3, -0.25) is 9.48 Å². The SMILES string of the molecule is O=C(CCn1cncn1)Nc1cccc(C(F)(F)F)c1. The van der Waals surface area contributed by atoms with Crippen LogP contribution in [-0.4, -0.2) is 20.7 Å². The van der Waals surface area contributed by atoms with Gasteiger partial charge in [0.15, 0.2) is 0 Å². The summed E-state index contributed by atoms with van der Waals surface area (Å²) in [5.74, 6) is -0.389. The van der Waals surface area contributed by atoms with Crippen molar-refractivity contribution in [2.75, 3.05) is 5.32 Å². The average molecular weight is 284 g/mol. The summed E-state index contributed by atoms with van der Waals surface area (Å²) in [7, 11) is 0. The summed E-state index contributed by atoms with van der Waals surface area (Å²) in [6.45, 7) is 0.310. The molecule has 0 radical (unpaired) electrons. The lowest BCUT2D eigenvalue weighted by Crippen LogP contribution is -2.15. The minimum atomic E-state index is -4.43. The van der Waals surface area contributed by atoms with Crippen molar-refractivity contribution >= 4 is 11.6 Å². The molecule has 0 fully saturated rings. The number of carbonyl (C=O) groups excluding carboxylic acids is 1. The molecule has 2 rings (SSSR count). The Morgan fingerprint density at radius 1 is 1.35 bits per heavy atom. The van der Waals surface area contributed by atoms with Crippen LogP contribution in [0.1, 0.15) is 12.0 Å². The molecule has 106 valence electrons. The van der Waals surface area contributed by atoms with Crippen molar-refractivity contribution in [2.45, 2.75) is 19.1 Å². The Morgan fingerprint density at radius 2 is 2.15 bits per heavy atom. The maximum atomic E-state index is 12.5. The van der Waals surface area contributed by atoms with E-state index in [0.29, 0.717) is 6.54 Å². The van der Waals surface area contributed by atoms with E-state index in [1.807, 2.05) is 0 Å². The molecule has 1 amide bonds. The molecule has 1 N–H and O–H groups in total. The number of halogens is 3. The van der Waals surface area contributed by atoms with Crippen molar-refractivity contribution in [3.05, 3.63) is 42.5 Å². The minimum absolute atomic E-state index is 0.0968. The first kappa shape index (κ1) is 14.0. The monoisotopic (exact) mass is 284 g/mol. The van der Waals surface area contributed by atoms with E-state index >= 15 is 0 Å². The molecule has 5 nitrogen and oxygen atoms in total. The number of nitrogens with zero attached hydrogens (tertiary/aromatic N) is 3. The van der Waals surface area contributed by atoms with E-state index in [1.54, 1.807) is 0 Å². The second kappa shape index (κ2) is 5.72. The molecule has 0 bridgehead atoms. The summed E-state index contributed by atoms with van der Waals surface area (Å²) in [5, 5.41) is 6.23. The van der Waals surface area contributed by atoms with Gasteiger partial charge >= 0.3 is 6.18 Å². The Kier molecular flexibility index (Phi) is 4.02. The standard InChI is InChI=1S/C12H11F3N4O/c13-12(14,15)9-2-1-3-10(6-9)18-11(20)4-5-19-8-16-7-17-19/h1-3,6-8H,4-5H2,(H,18,20). The van der Waals surface area contributed by atoms with E-state index in [-0.39, 0.29) is 18.0 Å². The van der Waals surface area contributed by atoms with Crippen LogP contribution >= 0.6 is 0 Å². The molecule has 0 aliphatic heterocycles. The number of aromatic nitrogens is 3. The van der Waals surface area contributed by atoms with Crippen molar-refractivity contribution < 1.29 is 18.0 Å². The summed E-state index contributed by atoms with van der Waals surface area (Å²) in [5.41, 5.74) is -0.685. The first-order chi connectivity index (χ1) is 9.45. The van der Waals surface area contributed by atoms with Gasteiger partial charge in [0, 0.05) is 12.1 Å². The smallest absolute Gasteiger partial charge is 0.326 e. The van der Waals surface area contributed by atoms with Crippen molar-refractivity contribution in [2.24, 2.45) is 0 Å². The number of hydrogen-bond donors (Lipinski definition) is 1. The van der Waals surface area contributed by atoms with Gasteiger partial charge in [-0.05, 0) is 18.2 Å². The Hall–Kier alpha value is -2.38. The van der Waals surface area contributed by atoms with Crippen LogP contribution in [-0.2, 0) is 17.5 Å². The minimum Gasteiger partial charge on any atom is -0.326 e. The summed E-state index contributed by atoms with van der Waals surface area (Å²) in [4.78, 5) is 15.3. The van der Waals surface area contributed by atoms with E-state index in [4.69, 9.17) is 0 Å². The number of hydrogen-bond acceptors (Lipinski definition) is 3. The molecule has 8 heteroatoms. The van der Waals surface area contributed by atoms with Gasteiger partial charge in [0.1, 0.15) is 12.7 Å². The van der Waals surface area contributed by atoms with E-state index in [1.165, 1.54) is 29.5 Å². The van der Waals surface area contributed by atoms with Crippen LogP contribution in [0, 0.1) is 0 Å². The predicted molar refractivity (Wildman–Crippen MR) is 64.7 cm³/mol. The van der Waals surface area contributed by atoms with Gasteiger partial charge in [0.05, 0.1) is 12.1 Å². The summed E-state index contributed by atoms with van der Waals surface area (Å²) < 4.78 is 39.0. The lowest BCUT2D eigenvalue weighted by molar-refractivity contribution is -0.137. The lowest BCUT2D eigenvalue weighted by atomic mass is 10.2. The van der Waals surface area contributed by atoms with E-state index in [0.717, 1.165) is 12.1 Å². The van der Waals surface area contributed by atoms with E-state index in [2.05, 4.69) is 15.4 Å². The van der Waals surface area contributed by atoms with Gasteiger partial charge in [-0.2, -0.15) is 18.3 Å². The fraction of sp³-hybridized carbons (Fsp3) is 0.250. The van der Waals surface area contributed by atoms with Crippen LogP contribution in [0.15, 0.2) is 36.9 Å². The zero-order valence-electron chi connectivity index (χ0n) is 10.3. The van der Waals surface area contributed by atoms with Crippen LogP contribution in [0.5, 0.6) is 0 Å². The highest BCUT2D eigenvalue weighted by Gasteiger charge is 2.30. The Balaban J connectivity index is 1.94. The Morgan fingerprint density at radius 3 is 2.80 bits per heavy atom. The van der Waals surface area contributed by atoms with Crippen LogP contribution < -0.4 is 5.32 Å². The summed E-state index contributed by atoms with van der Waals surface area (Å²) in [6.07, 6.45) is -1.54. The average Bonchev–Trinajstić information content (AvgIpc) is 2.89. The van der Waals surface area contributed by atoms with Gasteiger partial charge in [0.25, 0.3) is 0 Å². The molecule has 0 unspecified atom stereocenters. The molecule has 1 aromatic carbocycles. The molecule has 0 atom stereocenters. The number of alkyl halides is 3. The number of aryl methyl sites for hydroxylation is 1. The second-order valence-electron chi connectivity index (χ2n) is 4.04. The van der Waals surface area contributed by atoms with Crippen molar-refractivity contribution in [1.82, 2.24) is 14.8 Å². The molecular formula is C12H11F3N4O. The third-order valence-electron chi connectivity index (χ3n) is 2.51. The van der Waals surface area contributed by atoms with Gasteiger partial charge in [-0.25, -0.2) is 4.98 Å². The molecule has 0 aliphatic rings. The highest BCUT2D eigenvalue weighted by Crippen LogP contribution is 2.30. The Labute approximate surface area is 112 Å². The molecule has 0 spiro atoms. The maximum absolute atomic E-state index is 12.5. The van der Waals surface area contributed by atoms with Crippen molar-refractivity contribution in [3.8, 4) is 0 Å². The molecule has 0 saturated heterocycles.